The number of nitrogens with one attached hydrogen (secondary N) is 2. The van der Waals surface area contributed by atoms with Gasteiger partial charge in [-0.25, -0.2) is 0 Å². The lowest BCUT2D eigenvalue weighted by Crippen LogP contribution is -2.41. The molecule has 2 aromatic rings. The quantitative estimate of drug-likeness (QED) is 0.659. The van der Waals surface area contributed by atoms with Crippen LogP contribution in [0, 0.1) is 12.8 Å². The van der Waals surface area contributed by atoms with E-state index in [0.29, 0.717) is 28.2 Å². The van der Waals surface area contributed by atoms with E-state index in [-0.39, 0.29) is 23.9 Å². The molecule has 1 heterocycles. The molecular formula is C22H31N5O2S. The number of benzene rings is 1. The first-order valence-corrected chi connectivity index (χ1v) is 11.5. The van der Waals surface area contributed by atoms with Crippen molar-refractivity contribution in [3.63, 3.8) is 0 Å². The average Bonchev–Trinajstić information content (AvgIpc) is 3.08. The number of hydrogen-bond acceptors (Lipinski definition) is 5. The van der Waals surface area contributed by atoms with Gasteiger partial charge in [0.15, 0.2) is 11.0 Å². The molecule has 1 aromatic heterocycles. The molecule has 7 nitrogen and oxygen atoms in total. The van der Waals surface area contributed by atoms with E-state index in [2.05, 4.69) is 27.8 Å². The van der Waals surface area contributed by atoms with Crippen molar-refractivity contribution >= 4 is 23.6 Å². The van der Waals surface area contributed by atoms with Gasteiger partial charge in [0.05, 0.1) is 11.8 Å². The number of aryl methyl sites for hydroxylation is 1. The van der Waals surface area contributed by atoms with Crippen LogP contribution in [0.5, 0.6) is 0 Å². The minimum atomic E-state index is -0.304. The second-order valence-electron chi connectivity index (χ2n) is 8.19. The van der Waals surface area contributed by atoms with E-state index in [1.165, 1.54) is 31.0 Å². The molecule has 8 heteroatoms. The van der Waals surface area contributed by atoms with Gasteiger partial charge in [-0.2, -0.15) is 0 Å². The Hall–Kier alpha value is -2.35. The Morgan fingerprint density at radius 3 is 2.77 bits per heavy atom. The van der Waals surface area contributed by atoms with Gasteiger partial charge in [0.2, 0.25) is 5.91 Å². The number of rotatable bonds is 7. The van der Waals surface area contributed by atoms with Crippen LogP contribution >= 0.6 is 11.8 Å². The van der Waals surface area contributed by atoms with Crippen molar-refractivity contribution in [3.05, 3.63) is 41.2 Å². The molecule has 2 N–H and O–H groups in total. The molecule has 0 saturated heterocycles. The Balaban J connectivity index is 1.54. The van der Waals surface area contributed by atoms with Gasteiger partial charge in [-0.05, 0) is 44.7 Å². The van der Waals surface area contributed by atoms with Crippen LogP contribution in [0.2, 0.25) is 0 Å². The third-order valence-electron chi connectivity index (χ3n) is 5.67. The molecular weight excluding hydrogens is 398 g/mol. The van der Waals surface area contributed by atoms with E-state index in [4.69, 9.17) is 0 Å². The Labute approximate surface area is 182 Å². The van der Waals surface area contributed by atoms with Crippen molar-refractivity contribution < 1.29 is 9.59 Å². The molecule has 1 saturated carbocycles. The second kappa shape index (κ2) is 10.1. The number of nitrogens with zero attached hydrogens (tertiary/aromatic N) is 3. The van der Waals surface area contributed by atoms with Gasteiger partial charge in [-0.1, -0.05) is 49.2 Å². The maximum absolute atomic E-state index is 12.5. The number of hydrogen-bond donors (Lipinski definition) is 2. The average molecular weight is 430 g/mol. The standard InChI is InChI=1S/C22H31N5O2S/c1-14-8-7-10-17(12-14)21(29)23-16(3)20-25-26-22(27(20)4)30-13-19(28)24-18-11-6-5-9-15(18)2/h7-8,10,12,15-16,18H,5-6,9,11,13H2,1-4H3,(H,23,29)(H,24,28)/t15-,16+,18-/m0/s1. The molecule has 0 radical (unpaired) electrons. The fourth-order valence-corrected chi connectivity index (χ4v) is 4.60. The highest BCUT2D eigenvalue weighted by Crippen LogP contribution is 2.24. The molecule has 3 rings (SSSR count). The summed E-state index contributed by atoms with van der Waals surface area (Å²) in [6, 6.07) is 7.44. The van der Waals surface area contributed by atoms with Gasteiger partial charge >= 0.3 is 0 Å². The summed E-state index contributed by atoms with van der Waals surface area (Å²) >= 11 is 1.37. The summed E-state index contributed by atoms with van der Waals surface area (Å²) in [7, 11) is 1.86. The van der Waals surface area contributed by atoms with Gasteiger partial charge in [-0.3, -0.25) is 9.59 Å². The Bertz CT molecular complexity index is 897. The predicted molar refractivity (Wildman–Crippen MR) is 118 cm³/mol. The maximum atomic E-state index is 12.5. The highest BCUT2D eigenvalue weighted by molar-refractivity contribution is 7.99. The van der Waals surface area contributed by atoms with Crippen LogP contribution in [0.4, 0.5) is 0 Å². The van der Waals surface area contributed by atoms with Crippen LogP contribution in [0.25, 0.3) is 0 Å². The lowest BCUT2D eigenvalue weighted by atomic mass is 9.86. The van der Waals surface area contributed by atoms with Crippen LogP contribution in [-0.2, 0) is 11.8 Å². The van der Waals surface area contributed by atoms with Crippen molar-refractivity contribution in [2.45, 2.75) is 63.7 Å². The fraction of sp³-hybridized carbons (Fsp3) is 0.545. The summed E-state index contributed by atoms with van der Waals surface area (Å²) in [5.74, 6) is 1.37. The molecule has 30 heavy (non-hydrogen) atoms. The first kappa shape index (κ1) is 22.3. The van der Waals surface area contributed by atoms with E-state index >= 15 is 0 Å². The number of carbonyl (C=O) groups is 2. The zero-order valence-corrected chi connectivity index (χ0v) is 19.0. The summed E-state index contributed by atoms with van der Waals surface area (Å²) in [5, 5.41) is 15.2. The zero-order chi connectivity index (χ0) is 21.7. The van der Waals surface area contributed by atoms with Gasteiger partial charge < -0.3 is 15.2 Å². The first-order chi connectivity index (χ1) is 14.3. The minimum Gasteiger partial charge on any atom is -0.352 e. The van der Waals surface area contributed by atoms with E-state index < -0.39 is 0 Å². The SMILES string of the molecule is Cc1cccc(C(=O)N[C@H](C)c2nnc(SCC(=O)N[C@H]3CCCC[C@@H]3C)n2C)c1. The van der Waals surface area contributed by atoms with Crippen molar-refractivity contribution in [1.82, 2.24) is 25.4 Å². The number of aromatic nitrogens is 3. The van der Waals surface area contributed by atoms with Crippen LogP contribution < -0.4 is 10.6 Å². The summed E-state index contributed by atoms with van der Waals surface area (Å²) in [4.78, 5) is 24.9. The lowest BCUT2D eigenvalue weighted by Gasteiger charge is -2.29. The second-order valence-corrected chi connectivity index (χ2v) is 9.13. The van der Waals surface area contributed by atoms with E-state index in [0.717, 1.165) is 12.0 Å². The van der Waals surface area contributed by atoms with Crippen molar-refractivity contribution in [2.24, 2.45) is 13.0 Å². The molecule has 1 fully saturated rings. The highest BCUT2D eigenvalue weighted by atomic mass is 32.2. The number of thioether (sulfide) groups is 1. The molecule has 1 aliphatic carbocycles. The molecule has 0 bridgehead atoms. The van der Waals surface area contributed by atoms with Gasteiger partial charge in [0.25, 0.3) is 5.91 Å². The Morgan fingerprint density at radius 1 is 1.27 bits per heavy atom. The molecule has 3 atom stereocenters. The molecule has 162 valence electrons. The van der Waals surface area contributed by atoms with Crippen LogP contribution in [0.1, 0.15) is 67.3 Å². The molecule has 0 spiro atoms. The normalized spacial score (nSPS) is 19.9. The van der Waals surface area contributed by atoms with Crippen LogP contribution in [-0.4, -0.2) is 38.4 Å². The van der Waals surface area contributed by atoms with E-state index in [9.17, 15) is 9.59 Å². The largest absolute Gasteiger partial charge is 0.352 e. The monoisotopic (exact) mass is 429 g/mol. The molecule has 0 aliphatic heterocycles. The summed E-state index contributed by atoms with van der Waals surface area (Å²) in [6.07, 6.45) is 4.67. The van der Waals surface area contributed by atoms with E-state index in [1.54, 1.807) is 6.07 Å². The van der Waals surface area contributed by atoms with E-state index in [1.807, 2.05) is 43.7 Å². The van der Waals surface area contributed by atoms with Crippen LogP contribution in [0.15, 0.2) is 29.4 Å². The van der Waals surface area contributed by atoms with Crippen molar-refractivity contribution in [2.75, 3.05) is 5.75 Å². The smallest absolute Gasteiger partial charge is 0.251 e. The number of carbonyl (C=O) groups excluding carboxylic acids is 2. The van der Waals surface area contributed by atoms with Crippen molar-refractivity contribution in [1.29, 1.82) is 0 Å². The van der Waals surface area contributed by atoms with Gasteiger partial charge in [0.1, 0.15) is 0 Å². The fourth-order valence-electron chi connectivity index (χ4n) is 3.87. The van der Waals surface area contributed by atoms with Gasteiger partial charge in [0, 0.05) is 18.7 Å². The summed E-state index contributed by atoms with van der Waals surface area (Å²) in [6.45, 7) is 6.04. The molecule has 1 aliphatic rings. The first-order valence-electron chi connectivity index (χ1n) is 10.5. The Kier molecular flexibility index (Phi) is 7.53. The van der Waals surface area contributed by atoms with Crippen LogP contribution in [0.3, 0.4) is 0 Å². The topological polar surface area (TPSA) is 88.9 Å². The molecule has 2 amide bonds. The summed E-state index contributed by atoms with van der Waals surface area (Å²) in [5.41, 5.74) is 1.65. The predicted octanol–water partition coefficient (Wildman–Crippen LogP) is 3.40. The third-order valence-corrected chi connectivity index (χ3v) is 6.69. The van der Waals surface area contributed by atoms with Gasteiger partial charge in [-0.15, -0.1) is 10.2 Å². The maximum Gasteiger partial charge on any atom is 0.251 e. The Morgan fingerprint density at radius 2 is 2.03 bits per heavy atom. The van der Waals surface area contributed by atoms with Crippen molar-refractivity contribution in [3.8, 4) is 0 Å². The molecule has 1 aromatic carbocycles. The molecule has 0 unspecified atom stereocenters. The highest BCUT2D eigenvalue weighted by Gasteiger charge is 2.23. The minimum absolute atomic E-state index is 0.0316. The zero-order valence-electron chi connectivity index (χ0n) is 18.1. The number of amides is 2. The summed E-state index contributed by atoms with van der Waals surface area (Å²) < 4.78 is 1.84. The lowest BCUT2D eigenvalue weighted by molar-refractivity contribution is -0.119. The third kappa shape index (κ3) is 5.62.